The molecule has 2 aromatic rings. The summed E-state index contributed by atoms with van der Waals surface area (Å²) in [6.07, 6.45) is 5.01. The number of rotatable bonds is 6. The third-order valence-corrected chi connectivity index (χ3v) is 2.98. The van der Waals surface area contributed by atoms with Gasteiger partial charge in [-0.1, -0.05) is 43.0 Å². The van der Waals surface area contributed by atoms with Gasteiger partial charge in [-0.15, -0.1) is 0 Å². The standard InChI is InChI=1S/C19H15NO3/c1-2-19(21)23-14-22-18-11-9-16(10-12-18)4-3-15-5-7-17(13-20)8-6-15/h2-12H,1,14H2. The molecule has 0 unspecified atom stereocenters. The molecule has 114 valence electrons. The van der Waals surface area contributed by atoms with Crippen LogP contribution >= 0.6 is 0 Å². The summed E-state index contributed by atoms with van der Waals surface area (Å²) in [5, 5.41) is 8.76. The van der Waals surface area contributed by atoms with E-state index in [-0.39, 0.29) is 6.79 Å². The summed E-state index contributed by atoms with van der Waals surface area (Å²) >= 11 is 0. The number of ether oxygens (including phenoxy) is 2. The van der Waals surface area contributed by atoms with Crippen LogP contribution in [0.1, 0.15) is 16.7 Å². The summed E-state index contributed by atoms with van der Waals surface area (Å²) in [6.45, 7) is 3.15. The van der Waals surface area contributed by atoms with Crippen LogP contribution in [0.2, 0.25) is 0 Å². The van der Waals surface area contributed by atoms with Crippen LogP contribution in [0.25, 0.3) is 12.2 Å². The van der Waals surface area contributed by atoms with Crippen LogP contribution in [0, 0.1) is 11.3 Å². The van der Waals surface area contributed by atoms with Crippen LogP contribution < -0.4 is 4.74 Å². The first-order valence-electron chi connectivity index (χ1n) is 6.91. The second-order valence-electron chi connectivity index (χ2n) is 4.57. The molecule has 0 aliphatic rings. The number of hydrogen-bond acceptors (Lipinski definition) is 4. The Hall–Kier alpha value is -3.32. The number of carbonyl (C=O) groups excluding carboxylic acids is 1. The molecule has 0 saturated carbocycles. The lowest BCUT2D eigenvalue weighted by Gasteiger charge is -2.05. The predicted molar refractivity (Wildman–Crippen MR) is 88.3 cm³/mol. The molecule has 4 nitrogen and oxygen atoms in total. The van der Waals surface area contributed by atoms with Crippen LogP contribution in [0.5, 0.6) is 5.75 Å². The first-order valence-corrected chi connectivity index (χ1v) is 6.91. The highest BCUT2D eigenvalue weighted by molar-refractivity contribution is 5.81. The van der Waals surface area contributed by atoms with Crippen molar-refractivity contribution in [3.8, 4) is 11.8 Å². The predicted octanol–water partition coefficient (Wildman–Crippen LogP) is 3.79. The number of nitrogens with zero attached hydrogens (tertiary/aromatic N) is 1. The van der Waals surface area contributed by atoms with Crippen molar-refractivity contribution in [2.24, 2.45) is 0 Å². The van der Waals surface area contributed by atoms with Crippen molar-refractivity contribution in [3.05, 3.63) is 77.9 Å². The molecule has 0 aliphatic heterocycles. The maximum absolute atomic E-state index is 10.9. The Labute approximate surface area is 134 Å². The van der Waals surface area contributed by atoms with Gasteiger partial charge in [-0.25, -0.2) is 4.79 Å². The molecule has 0 amide bonds. The van der Waals surface area contributed by atoms with Gasteiger partial charge in [0.25, 0.3) is 0 Å². The smallest absolute Gasteiger partial charge is 0.333 e. The zero-order chi connectivity index (χ0) is 16.5. The normalized spacial score (nSPS) is 10.0. The summed E-state index contributed by atoms with van der Waals surface area (Å²) in [6, 6.07) is 16.8. The van der Waals surface area contributed by atoms with Crippen LogP contribution in [0.4, 0.5) is 0 Å². The van der Waals surface area contributed by atoms with Crippen LogP contribution in [0.3, 0.4) is 0 Å². The number of esters is 1. The minimum atomic E-state index is -0.521. The van der Waals surface area contributed by atoms with Crippen molar-refractivity contribution in [2.75, 3.05) is 6.79 Å². The summed E-state index contributed by atoms with van der Waals surface area (Å²) in [5.74, 6) is 0.0874. The second-order valence-corrected chi connectivity index (χ2v) is 4.57. The third kappa shape index (κ3) is 5.18. The van der Waals surface area contributed by atoms with Gasteiger partial charge >= 0.3 is 5.97 Å². The highest BCUT2D eigenvalue weighted by Gasteiger charge is 1.97. The zero-order valence-electron chi connectivity index (χ0n) is 12.4. The monoisotopic (exact) mass is 305 g/mol. The molecular formula is C19H15NO3. The molecule has 23 heavy (non-hydrogen) atoms. The molecule has 0 spiro atoms. The molecule has 0 aliphatic carbocycles. The van der Waals surface area contributed by atoms with E-state index in [0.717, 1.165) is 17.2 Å². The minimum absolute atomic E-state index is 0.148. The van der Waals surface area contributed by atoms with Gasteiger partial charge in [0.1, 0.15) is 5.75 Å². The molecule has 2 rings (SSSR count). The molecular weight excluding hydrogens is 290 g/mol. The summed E-state index contributed by atoms with van der Waals surface area (Å²) in [5.41, 5.74) is 2.66. The Morgan fingerprint density at radius 3 is 2.13 bits per heavy atom. The van der Waals surface area contributed by atoms with E-state index >= 15 is 0 Å². The molecule has 4 heteroatoms. The maximum atomic E-state index is 10.9. The lowest BCUT2D eigenvalue weighted by atomic mass is 10.1. The molecule has 0 atom stereocenters. The van der Waals surface area contributed by atoms with Crippen LogP contribution in [0.15, 0.2) is 61.2 Å². The van der Waals surface area contributed by atoms with Gasteiger partial charge in [0.2, 0.25) is 6.79 Å². The number of hydrogen-bond donors (Lipinski definition) is 0. The van der Waals surface area contributed by atoms with Gasteiger partial charge in [0, 0.05) is 6.08 Å². The van der Waals surface area contributed by atoms with E-state index in [4.69, 9.17) is 14.7 Å². The van der Waals surface area contributed by atoms with E-state index in [2.05, 4.69) is 12.6 Å². The van der Waals surface area contributed by atoms with Gasteiger partial charge < -0.3 is 9.47 Å². The van der Waals surface area contributed by atoms with Gasteiger partial charge in [0.05, 0.1) is 11.6 Å². The van der Waals surface area contributed by atoms with Gasteiger partial charge in [-0.05, 0) is 35.4 Å². The fraction of sp³-hybridized carbons (Fsp3) is 0.0526. The molecule has 2 aromatic carbocycles. The van der Waals surface area contributed by atoms with E-state index in [1.165, 1.54) is 0 Å². The molecule has 0 heterocycles. The summed E-state index contributed by atoms with van der Waals surface area (Å²) in [4.78, 5) is 10.9. The van der Waals surface area contributed by atoms with Crippen molar-refractivity contribution >= 4 is 18.1 Å². The zero-order valence-corrected chi connectivity index (χ0v) is 12.4. The Balaban J connectivity index is 1.91. The molecule has 0 N–H and O–H groups in total. The number of carbonyl (C=O) groups is 1. The highest BCUT2D eigenvalue weighted by atomic mass is 16.7. The summed E-state index contributed by atoms with van der Waals surface area (Å²) in [7, 11) is 0. The Bertz CT molecular complexity index is 738. The Kier molecular flexibility index (Phi) is 5.73. The van der Waals surface area contributed by atoms with E-state index in [1.54, 1.807) is 24.3 Å². The van der Waals surface area contributed by atoms with Gasteiger partial charge in [0.15, 0.2) is 0 Å². The fourth-order valence-corrected chi connectivity index (χ4v) is 1.75. The van der Waals surface area contributed by atoms with E-state index in [9.17, 15) is 4.79 Å². The SMILES string of the molecule is C=CC(=O)OCOc1ccc(C=Cc2ccc(C#N)cc2)cc1. The maximum Gasteiger partial charge on any atom is 0.333 e. The van der Waals surface area contributed by atoms with Crippen molar-refractivity contribution in [1.29, 1.82) is 5.26 Å². The third-order valence-electron chi connectivity index (χ3n) is 2.98. The second kappa shape index (κ2) is 8.20. The van der Waals surface area contributed by atoms with Crippen molar-refractivity contribution in [1.82, 2.24) is 0 Å². The number of benzene rings is 2. The fourth-order valence-electron chi connectivity index (χ4n) is 1.75. The average molecular weight is 305 g/mol. The molecule has 0 aromatic heterocycles. The van der Waals surface area contributed by atoms with E-state index < -0.39 is 5.97 Å². The average Bonchev–Trinajstić information content (AvgIpc) is 2.61. The van der Waals surface area contributed by atoms with Crippen LogP contribution in [-0.2, 0) is 9.53 Å². The van der Waals surface area contributed by atoms with Gasteiger partial charge in [-0.3, -0.25) is 0 Å². The van der Waals surface area contributed by atoms with Gasteiger partial charge in [-0.2, -0.15) is 5.26 Å². The summed E-state index contributed by atoms with van der Waals surface area (Å²) < 4.78 is 10.0. The van der Waals surface area contributed by atoms with E-state index in [0.29, 0.717) is 11.3 Å². The molecule has 0 radical (unpaired) electrons. The molecule has 0 fully saturated rings. The van der Waals surface area contributed by atoms with E-state index in [1.807, 2.05) is 36.4 Å². The largest absolute Gasteiger partial charge is 0.457 e. The van der Waals surface area contributed by atoms with Crippen molar-refractivity contribution in [3.63, 3.8) is 0 Å². The Morgan fingerprint density at radius 1 is 1.04 bits per heavy atom. The Morgan fingerprint density at radius 2 is 1.61 bits per heavy atom. The quantitative estimate of drug-likeness (QED) is 0.352. The van der Waals surface area contributed by atoms with Crippen molar-refractivity contribution < 1.29 is 14.3 Å². The minimum Gasteiger partial charge on any atom is -0.457 e. The lowest BCUT2D eigenvalue weighted by molar-refractivity contribution is -0.144. The number of nitriles is 1. The molecule has 0 saturated heterocycles. The first-order chi connectivity index (χ1) is 11.2. The first kappa shape index (κ1) is 16.1. The lowest BCUT2D eigenvalue weighted by Crippen LogP contribution is -2.07. The molecule has 0 bridgehead atoms. The van der Waals surface area contributed by atoms with Crippen LogP contribution in [-0.4, -0.2) is 12.8 Å². The van der Waals surface area contributed by atoms with Crippen molar-refractivity contribution in [2.45, 2.75) is 0 Å². The highest BCUT2D eigenvalue weighted by Crippen LogP contribution is 2.15. The topological polar surface area (TPSA) is 59.3 Å².